The quantitative estimate of drug-likeness (QED) is 0.402. The molecular formula is C23H17ClN4O3S. The third kappa shape index (κ3) is 4.15. The van der Waals surface area contributed by atoms with E-state index in [1.807, 2.05) is 65.2 Å². The van der Waals surface area contributed by atoms with E-state index in [1.54, 1.807) is 12.1 Å². The van der Waals surface area contributed by atoms with Gasteiger partial charge < -0.3 is 14.8 Å². The van der Waals surface area contributed by atoms with Gasteiger partial charge in [-0.15, -0.1) is 10.2 Å². The monoisotopic (exact) mass is 464 g/mol. The van der Waals surface area contributed by atoms with Crippen LogP contribution in [-0.2, 0) is 4.79 Å². The van der Waals surface area contributed by atoms with Crippen molar-refractivity contribution in [3.63, 3.8) is 0 Å². The molecule has 0 saturated heterocycles. The van der Waals surface area contributed by atoms with Crippen molar-refractivity contribution >= 4 is 35.0 Å². The average Bonchev–Trinajstić information content (AvgIpc) is 3.46. The van der Waals surface area contributed by atoms with Crippen LogP contribution in [-0.4, -0.2) is 33.2 Å². The minimum absolute atomic E-state index is 0.150. The second kappa shape index (κ2) is 8.94. The normalized spacial score (nSPS) is 12.0. The Balaban J connectivity index is 1.43. The number of rotatable bonds is 6. The molecule has 160 valence electrons. The molecule has 1 aliphatic rings. The van der Waals surface area contributed by atoms with Gasteiger partial charge in [-0.1, -0.05) is 53.7 Å². The molecular weight excluding hydrogens is 448 g/mol. The third-order valence-electron chi connectivity index (χ3n) is 4.76. The largest absolute Gasteiger partial charge is 0.454 e. The van der Waals surface area contributed by atoms with E-state index in [0.717, 1.165) is 11.3 Å². The summed E-state index contributed by atoms with van der Waals surface area (Å²) < 4.78 is 12.8. The van der Waals surface area contributed by atoms with E-state index < -0.39 is 0 Å². The highest BCUT2D eigenvalue weighted by Gasteiger charge is 2.20. The molecule has 0 radical (unpaired) electrons. The highest BCUT2D eigenvalue weighted by Crippen LogP contribution is 2.37. The molecule has 0 atom stereocenters. The van der Waals surface area contributed by atoms with Gasteiger partial charge in [0.2, 0.25) is 12.7 Å². The molecule has 9 heteroatoms. The first kappa shape index (κ1) is 20.4. The summed E-state index contributed by atoms with van der Waals surface area (Å²) in [6, 6.07) is 22.5. The number of para-hydroxylation sites is 2. The maximum Gasteiger partial charge on any atom is 0.234 e. The number of ether oxygens (including phenoxy) is 2. The smallest absolute Gasteiger partial charge is 0.234 e. The molecule has 7 nitrogen and oxygen atoms in total. The Hall–Kier alpha value is -3.49. The highest BCUT2D eigenvalue weighted by atomic mass is 35.5. The fourth-order valence-corrected chi connectivity index (χ4v) is 4.21. The lowest BCUT2D eigenvalue weighted by Crippen LogP contribution is -2.14. The standard InChI is InChI=1S/C23H17ClN4O3S/c24-17-8-4-5-9-18(17)25-21(29)13-32-23-27-26-22(28(23)16-6-2-1-3-7-16)15-10-11-19-20(12-15)31-14-30-19/h1-12H,13-14H2,(H,25,29). The van der Waals surface area contributed by atoms with Crippen molar-refractivity contribution < 1.29 is 14.3 Å². The lowest BCUT2D eigenvalue weighted by molar-refractivity contribution is -0.113. The summed E-state index contributed by atoms with van der Waals surface area (Å²) in [5.41, 5.74) is 2.29. The molecule has 0 bridgehead atoms. The number of nitrogens with zero attached hydrogens (tertiary/aromatic N) is 3. The lowest BCUT2D eigenvalue weighted by Gasteiger charge is -2.11. The number of carbonyl (C=O) groups excluding carboxylic acids is 1. The molecule has 32 heavy (non-hydrogen) atoms. The van der Waals surface area contributed by atoms with Crippen LogP contribution in [0.4, 0.5) is 5.69 Å². The van der Waals surface area contributed by atoms with Gasteiger partial charge in [-0.05, 0) is 42.5 Å². The lowest BCUT2D eigenvalue weighted by atomic mass is 10.2. The van der Waals surface area contributed by atoms with Crippen molar-refractivity contribution in [2.45, 2.75) is 5.16 Å². The van der Waals surface area contributed by atoms with Gasteiger partial charge in [0, 0.05) is 11.3 Å². The fourth-order valence-electron chi connectivity index (χ4n) is 3.27. The maximum absolute atomic E-state index is 12.5. The zero-order valence-electron chi connectivity index (χ0n) is 16.7. The van der Waals surface area contributed by atoms with Crippen LogP contribution < -0.4 is 14.8 Å². The van der Waals surface area contributed by atoms with Crippen LogP contribution in [0.1, 0.15) is 0 Å². The van der Waals surface area contributed by atoms with E-state index in [1.165, 1.54) is 11.8 Å². The molecule has 0 spiro atoms. The zero-order valence-corrected chi connectivity index (χ0v) is 18.3. The number of amides is 1. The van der Waals surface area contributed by atoms with Gasteiger partial charge in [0.1, 0.15) is 0 Å². The molecule has 0 fully saturated rings. The Kier molecular flexibility index (Phi) is 5.70. The minimum Gasteiger partial charge on any atom is -0.454 e. The molecule has 5 rings (SSSR count). The fraction of sp³-hybridized carbons (Fsp3) is 0.0870. The molecule has 1 aromatic heterocycles. The van der Waals surface area contributed by atoms with Gasteiger partial charge >= 0.3 is 0 Å². The summed E-state index contributed by atoms with van der Waals surface area (Å²) in [5.74, 6) is 1.97. The van der Waals surface area contributed by atoms with Crippen molar-refractivity contribution in [1.82, 2.24) is 14.8 Å². The summed E-state index contributed by atoms with van der Waals surface area (Å²) in [7, 11) is 0. The number of thioether (sulfide) groups is 1. The van der Waals surface area contributed by atoms with Gasteiger partial charge in [-0.25, -0.2) is 0 Å². The molecule has 1 amide bonds. The topological polar surface area (TPSA) is 78.3 Å². The van der Waals surface area contributed by atoms with Crippen LogP contribution in [0.2, 0.25) is 5.02 Å². The Bertz CT molecular complexity index is 1280. The summed E-state index contributed by atoms with van der Waals surface area (Å²) in [6.45, 7) is 0.200. The number of aromatic nitrogens is 3. The van der Waals surface area contributed by atoms with Crippen molar-refractivity contribution in [3.8, 4) is 28.6 Å². The maximum atomic E-state index is 12.5. The van der Waals surface area contributed by atoms with Crippen LogP contribution in [0, 0.1) is 0 Å². The van der Waals surface area contributed by atoms with E-state index in [2.05, 4.69) is 15.5 Å². The second-order valence-electron chi connectivity index (χ2n) is 6.86. The van der Waals surface area contributed by atoms with Crippen molar-refractivity contribution in [3.05, 3.63) is 77.8 Å². The Morgan fingerprint density at radius 2 is 1.78 bits per heavy atom. The molecule has 0 unspecified atom stereocenters. The first-order valence-corrected chi connectivity index (χ1v) is 11.1. The third-order valence-corrected chi connectivity index (χ3v) is 6.02. The summed E-state index contributed by atoms with van der Waals surface area (Å²) in [4.78, 5) is 12.5. The number of carbonyl (C=O) groups is 1. The predicted octanol–water partition coefficient (Wildman–Crippen LogP) is 5.05. The second-order valence-corrected chi connectivity index (χ2v) is 8.21. The van der Waals surface area contributed by atoms with Gasteiger partial charge in [-0.2, -0.15) is 0 Å². The van der Waals surface area contributed by atoms with Crippen molar-refractivity contribution in [1.29, 1.82) is 0 Å². The van der Waals surface area contributed by atoms with E-state index >= 15 is 0 Å². The SMILES string of the molecule is O=C(CSc1nnc(-c2ccc3c(c2)OCO3)n1-c1ccccc1)Nc1ccccc1Cl. The van der Waals surface area contributed by atoms with E-state index in [-0.39, 0.29) is 18.5 Å². The average molecular weight is 465 g/mol. The van der Waals surface area contributed by atoms with Crippen LogP contribution in [0.5, 0.6) is 11.5 Å². The number of anilines is 1. The number of fused-ring (bicyclic) bond motifs is 1. The van der Waals surface area contributed by atoms with Crippen molar-refractivity contribution in [2.75, 3.05) is 17.9 Å². The first-order chi connectivity index (χ1) is 15.7. The molecule has 1 aliphatic heterocycles. The van der Waals surface area contributed by atoms with Crippen LogP contribution in [0.25, 0.3) is 17.1 Å². The predicted molar refractivity (Wildman–Crippen MR) is 124 cm³/mol. The first-order valence-electron chi connectivity index (χ1n) is 9.77. The molecule has 4 aromatic rings. The Labute approximate surface area is 193 Å². The Morgan fingerprint density at radius 1 is 1.00 bits per heavy atom. The molecule has 0 aliphatic carbocycles. The zero-order chi connectivity index (χ0) is 21.9. The number of halogens is 1. The van der Waals surface area contributed by atoms with Crippen LogP contribution in [0.15, 0.2) is 78.0 Å². The van der Waals surface area contributed by atoms with Gasteiger partial charge in [0.25, 0.3) is 0 Å². The van der Waals surface area contributed by atoms with E-state index in [9.17, 15) is 4.79 Å². The van der Waals surface area contributed by atoms with Crippen LogP contribution >= 0.6 is 23.4 Å². The number of hydrogen-bond acceptors (Lipinski definition) is 6. The Morgan fingerprint density at radius 3 is 2.62 bits per heavy atom. The number of nitrogens with one attached hydrogen (secondary N) is 1. The molecule has 3 aromatic carbocycles. The van der Waals surface area contributed by atoms with E-state index in [0.29, 0.717) is 33.2 Å². The van der Waals surface area contributed by atoms with Gasteiger partial charge in [0.15, 0.2) is 22.5 Å². The summed E-state index contributed by atoms with van der Waals surface area (Å²) in [6.07, 6.45) is 0. The highest BCUT2D eigenvalue weighted by molar-refractivity contribution is 7.99. The number of hydrogen-bond donors (Lipinski definition) is 1. The number of benzene rings is 3. The molecule has 0 saturated carbocycles. The van der Waals surface area contributed by atoms with Gasteiger partial charge in [0.05, 0.1) is 16.5 Å². The molecule has 1 N–H and O–H groups in total. The van der Waals surface area contributed by atoms with E-state index in [4.69, 9.17) is 21.1 Å². The summed E-state index contributed by atoms with van der Waals surface area (Å²) in [5, 5.41) is 12.7. The summed E-state index contributed by atoms with van der Waals surface area (Å²) >= 11 is 7.43. The van der Waals surface area contributed by atoms with Gasteiger partial charge in [-0.3, -0.25) is 9.36 Å². The van der Waals surface area contributed by atoms with Crippen molar-refractivity contribution in [2.24, 2.45) is 0 Å². The minimum atomic E-state index is -0.185. The molecule has 2 heterocycles. The van der Waals surface area contributed by atoms with Crippen LogP contribution in [0.3, 0.4) is 0 Å².